The molecule has 0 aliphatic carbocycles. The van der Waals surface area contributed by atoms with E-state index in [-0.39, 0.29) is 29.7 Å². The molecule has 1 fully saturated rings. The predicted octanol–water partition coefficient (Wildman–Crippen LogP) is 2.95. The molecule has 0 spiro atoms. The van der Waals surface area contributed by atoms with Crippen LogP contribution in [0.5, 0.6) is 0 Å². The van der Waals surface area contributed by atoms with Crippen LogP contribution in [-0.4, -0.2) is 41.7 Å². The summed E-state index contributed by atoms with van der Waals surface area (Å²) in [6.07, 6.45) is 2.72. The van der Waals surface area contributed by atoms with Crippen LogP contribution >= 0.6 is 0 Å². The molecule has 5 heteroatoms. The fourth-order valence-corrected chi connectivity index (χ4v) is 3.13. The van der Waals surface area contributed by atoms with Gasteiger partial charge in [0.15, 0.2) is 0 Å². The van der Waals surface area contributed by atoms with Gasteiger partial charge in [-0.15, -0.1) is 0 Å². The molecule has 2 rings (SSSR count). The van der Waals surface area contributed by atoms with E-state index in [9.17, 15) is 14.3 Å². The lowest BCUT2D eigenvalue weighted by molar-refractivity contribution is -0.122. The minimum absolute atomic E-state index is 0.00421. The second-order valence-corrected chi connectivity index (χ2v) is 6.70. The molecule has 1 aromatic carbocycles. The number of hydrogen-bond acceptors (Lipinski definition) is 3. The summed E-state index contributed by atoms with van der Waals surface area (Å²) in [4.78, 5) is 14.5. The van der Waals surface area contributed by atoms with Crippen LogP contribution in [0.15, 0.2) is 18.2 Å². The molecule has 1 aliphatic heterocycles. The van der Waals surface area contributed by atoms with Gasteiger partial charge < -0.3 is 10.4 Å². The smallest absolute Gasteiger partial charge is 0.241 e. The highest BCUT2D eigenvalue weighted by atomic mass is 19.1. The van der Waals surface area contributed by atoms with E-state index in [1.807, 2.05) is 13.8 Å². The van der Waals surface area contributed by atoms with Gasteiger partial charge in [-0.2, -0.15) is 0 Å². The Morgan fingerprint density at radius 2 is 2.09 bits per heavy atom. The third-order valence-corrected chi connectivity index (χ3v) is 5.25. The second kappa shape index (κ2) is 7.41. The number of benzene rings is 1. The molecule has 0 bridgehead atoms. The van der Waals surface area contributed by atoms with Crippen LogP contribution in [0.2, 0.25) is 0 Å². The lowest BCUT2D eigenvalue weighted by Crippen LogP contribution is -2.49. The molecule has 0 radical (unpaired) electrons. The van der Waals surface area contributed by atoms with Gasteiger partial charge in [-0.1, -0.05) is 13.0 Å². The second-order valence-electron chi connectivity index (χ2n) is 6.70. The van der Waals surface area contributed by atoms with Crippen molar-refractivity contribution in [3.63, 3.8) is 0 Å². The topological polar surface area (TPSA) is 52.6 Å². The molecule has 1 aromatic rings. The molecule has 1 unspecified atom stereocenters. The molecule has 23 heavy (non-hydrogen) atoms. The standard InChI is InChI=1S/C18H27FN2O2/c1-4-18(12-22)7-9-21(10-8-18)14(3)17(23)20-16-6-5-13(2)11-15(16)19/h5-6,11,14,22H,4,7-10,12H2,1-3H3,(H,20,23). The number of halogens is 1. The van der Waals surface area contributed by atoms with Gasteiger partial charge in [-0.3, -0.25) is 9.69 Å². The fraction of sp³-hybridized carbons (Fsp3) is 0.611. The normalized spacial score (nSPS) is 19.3. The zero-order chi connectivity index (χ0) is 17.0. The van der Waals surface area contributed by atoms with Crippen molar-refractivity contribution < 1.29 is 14.3 Å². The maximum Gasteiger partial charge on any atom is 0.241 e. The molecule has 1 aliphatic rings. The number of rotatable bonds is 5. The Kier molecular flexibility index (Phi) is 5.76. The van der Waals surface area contributed by atoms with Crippen molar-refractivity contribution in [3.8, 4) is 0 Å². The van der Waals surface area contributed by atoms with Gasteiger partial charge in [0.2, 0.25) is 5.91 Å². The van der Waals surface area contributed by atoms with E-state index in [2.05, 4.69) is 17.1 Å². The Labute approximate surface area is 137 Å². The largest absolute Gasteiger partial charge is 0.396 e. The summed E-state index contributed by atoms with van der Waals surface area (Å²) in [5.74, 6) is -0.602. The van der Waals surface area contributed by atoms with Crippen molar-refractivity contribution in [2.75, 3.05) is 25.0 Å². The highest BCUT2D eigenvalue weighted by Crippen LogP contribution is 2.34. The first kappa shape index (κ1) is 17.9. The molecule has 2 N–H and O–H groups in total. The highest BCUT2D eigenvalue weighted by Gasteiger charge is 2.35. The summed E-state index contributed by atoms with van der Waals surface area (Å²) >= 11 is 0. The number of nitrogens with one attached hydrogen (secondary N) is 1. The van der Waals surface area contributed by atoms with E-state index in [4.69, 9.17) is 0 Å². The SMILES string of the molecule is CCC1(CO)CCN(C(C)C(=O)Nc2ccc(C)cc2F)CC1. The summed E-state index contributed by atoms with van der Waals surface area (Å²) in [6, 6.07) is 4.47. The van der Waals surface area contributed by atoms with Gasteiger partial charge in [-0.25, -0.2) is 4.39 Å². The number of likely N-dealkylation sites (tertiary alicyclic amines) is 1. The fourth-order valence-electron chi connectivity index (χ4n) is 3.13. The third kappa shape index (κ3) is 4.09. The number of amides is 1. The van der Waals surface area contributed by atoms with E-state index >= 15 is 0 Å². The van der Waals surface area contributed by atoms with E-state index in [1.165, 1.54) is 6.07 Å². The number of hydrogen-bond donors (Lipinski definition) is 2. The van der Waals surface area contributed by atoms with E-state index in [0.717, 1.165) is 37.9 Å². The first-order valence-electron chi connectivity index (χ1n) is 8.33. The number of nitrogens with zero attached hydrogens (tertiary/aromatic N) is 1. The molecule has 4 nitrogen and oxygen atoms in total. The van der Waals surface area contributed by atoms with Crippen molar-refractivity contribution in [3.05, 3.63) is 29.6 Å². The monoisotopic (exact) mass is 322 g/mol. The van der Waals surface area contributed by atoms with E-state index < -0.39 is 5.82 Å². The maximum atomic E-state index is 13.9. The number of aryl methyl sites for hydroxylation is 1. The maximum absolute atomic E-state index is 13.9. The van der Waals surface area contributed by atoms with Gasteiger partial charge in [-0.05, 0) is 69.3 Å². The van der Waals surface area contributed by atoms with Gasteiger partial charge in [0, 0.05) is 6.61 Å². The first-order chi connectivity index (χ1) is 10.9. The number of carbonyl (C=O) groups is 1. The minimum Gasteiger partial charge on any atom is -0.396 e. The van der Waals surface area contributed by atoms with E-state index in [1.54, 1.807) is 12.1 Å². The Bertz CT molecular complexity index is 548. The van der Waals surface area contributed by atoms with Crippen molar-refractivity contribution in [2.24, 2.45) is 5.41 Å². The van der Waals surface area contributed by atoms with Crippen LogP contribution in [0.3, 0.4) is 0 Å². The van der Waals surface area contributed by atoms with Gasteiger partial charge in [0.25, 0.3) is 0 Å². The number of aliphatic hydroxyl groups excluding tert-OH is 1. The Morgan fingerprint density at radius 3 is 2.61 bits per heavy atom. The zero-order valence-electron chi connectivity index (χ0n) is 14.2. The summed E-state index contributed by atoms with van der Waals surface area (Å²) in [7, 11) is 0. The third-order valence-electron chi connectivity index (χ3n) is 5.25. The zero-order valence-corrected chi connectivity index (χ0v) is 14.2. The Hall–Kier alpha value is -1.46. The molecule has 128 valence electrons. The number of anilines is 1. The molecule has 1 heterocycles. The van der Waals surface area contributed by atoms with Crippen LogP contribution in [0.1, 0.15) is 38.7 Å². The summed E-state index contributed by atoms with van der Waals surface area (Å²) in [5.41, 5.74) is 1.04. The average molecular weight is 322 g/mol. The number of aliphatic hydroxyl groups is 1. The lowest BCUT2D eigenvalue weighted by Gasteiger charge is -2.42. The van der Waals surface area contributed by atoms with Crippen molar-refractivity contribution in [1.29, 1.82) is 0 Å². The molecule has 0 aromatic heterocycles. The number of piperidine rings is 1. The van der Waals surface area contributed by atoms with Gasteiger partial charge >= 0.3 is 0 Å². The van der Waals surface area contributed by atoms with Gasteiger partial charge in [0.05, 0.1) is 11.7 Å². The molecule has 1 atom stereocenters. The molecular weight excluding hydrogens is 295 g/mol. The van der Waals surface area contributed by atoms with Crippen LogP contribution in [0, 0.1) is 18.2 Å². The van der Waals surface area contributed by atoms with Crippen molar-refractivity contribution in [1.82, 2.24) is 4.90 Å². The Morgan fingerprint density at radius 1 is 1.43 bits per heavy atom. The molecule has 0 saturated carbocycles. The molecule has 1 saturated heterocycles. The van der Waals surface area contributed by atoms with Gasteiger partial charge in [0.1, 0.15) is 5.82 Å². The van der Waals surface area contributed by atoms with Crippen LogP contribution in [0.25, 0.3) is 0 Å². The summed E-state index contributed by atoms with van der Waals surface area (Å²) < 4.78 is 13.9. The highest BCUT2D eigenvalue weighted by molar-refractivity contribution is 5.94. The van der Waals surface area contributed by atoms with Crippen LogP contribution in [0.4, 0.5) is 10.1 Å². The quantitative estimate of drug-likeness (QED) is 0.876. The molecule has 1 amide bonds. The van der Waals surface area contributed by atoms with Crippen molar-refractivity contribution in [2.45, 2.75) is 46.1 Å². The molecular formula is C18H27FN2O2. The lowest BCUT2D eigenvalue weighted by atomic mass is 9.76. The summed E-state index contributed by atoms with van der Waals surface area (Å²) in [5, 5.41) is 12.3. The van der Waals surface area contributed by atoms with E-state index in [0.29, 0.717) is 0 Å². The first-order valence-corrected chi connectivity index (χ1v) is 8.33. The minimum atomic E-state index is -0.408. The van der Waals surface area contributed by atoms with Crippen LogP contribution < -0.4 is 5.32 Å². The van der Waals surface area contributed by atoms with Crippen LogP contribution in [-0.2, 0) is 4.79 Å². The Balaban J connectivity index is 1.95. The average Bonchev–Trinajstić information content (AvgIpc) is 2.56. The predicted molar refractivity (Wildman–Crippen MR) is 89.8 cm³/mol. The van der Waals surface area contributed by atoms with Crippen molar-refractivity contribution >= 4 is 11.6 Å². The number of carbonyl (C=O) groups excluding carboxylic acids is 1. The summed E-state index contributed by atoms with van der Waals surface area (Å²) in [6.45, 7) is 7.51.